The second-order valence-electron chi connectivity index (χ2n) is 7.92. The van der Waals surface area contributed by atoms with Crippen molar-refractivity contribution < 1.29 is 99.0 Å². The average Bonchev–Trinajstić information content (AvgIpc) is 3.25. The van der Waals surface area contributed by atoms with E-state index in [0.717, 1.165) is 24.8 Å². The minimum atomic E-state index is 0. The molecular formula is C20H38Cl2N3O2Y2-3. The van der Waals surface area contributed by atoms with Gasteiger partial charge in [0.05, 0.1) is 5.75 Å². The van der Waals surface area contributed by atoms with E-state index in [1.54, 1.807) is 0 Å². The van der Waals surface area contributed by atoms with Crippen LogP contribution in [0.2, 0.25) is 0 Å². The van der Waals surface area contributed by atoms with Crippen LogP contribution in [0.1, 0.15) is 32.6 Å². The second-order valence-corrected chi connectivity index (χ2v) is 8.09. The van der Waals surface area contributed by atoms with Gasteiger partial charge in [0, 0.05) is 72.0 Å². The molecule has 0 N–H and O–H groups in total. The number of hydrogen-bond acceptors (Lipinski definition) is 5. The maximum absolute atomic E-state index is 9.92. The Labute approximate surface area is 240 Å². The quantitative estimate of drug-likeness (QED) is 0.285. The van der Waals surface area contributed by atoms with E-state index in [9.17, 15) is 4.79 Å². The van der Waals surface area contributed by atoms with Gasteiger partial charge in [0.2, 0.25) is 0 Å². The molecule has 0 aliphatic carbocycles. The van der Waals surface area contributed by atoms with Gasteiger partial charge in [-0.2, -0.15) is 5.92 Å². The summed E-state index contributed by atoms with van der Waals surface area (Å²) in [5.74, 6) is 3.32. The zero-order valence-electron chi connectivity index (χ0n) is 18.6. The SMILES string of the molecule is CN1CC[C@H](C[C-]=O)C1.C[C@H]1CCN(C)C1.O=[C-][ClH+].[CH2-][C@H]1CCN(C)C1.[Cl-].[Y].[Y]. The molecule has 3 atom stereocenters. The van der Waals surface area contributed by atoms with Crippen LogP contribution >= 0.6 is 0 Å². The topological polar surface area (TPSA) is 43.9 Å². The molecule has 5 nitrogen and oxygen atoms in total. The minimum Gasteiger partial charge on any atom is -1.00 e. The summed E-state index contributed by atoms with van der Waals surface area (Å²) >= 11 is 3.59. The zero-order chi connectivity index (χ0) is 19.9. The van der Waals surface area contributed by atoms with Gasteiger partial charge >= 0.3 is 0 Å². The van der Waals surface area contributed by atoms with Crippen molar-refractivity contribution >= 4 is 12.0 Å². The maximum atomic E-state index is 9.92. The molecule has 3 saturated heterocycles. The van der Waals surface area contributed by atoms with Crippen LogP contribution in [0.4, 0.5) is 0 Å². The fourth-order valence-electron chi connectivity index (χ4n) is 3.49. The molecule has 29 heavy (non-hydrogen) atoms. The van der Waals surface area contributed by atoms with Gasteiger partial charge in [-0.1, -0.05) is 19.3 Å². The van der Waals surface area contributed by atoms with Crippen molar-refractivity contribution in [1.82, 2.24) is 14.7 Å². The van der Waals surface area contributed by atoms with Gasteiger partial charge < -0.3 is 43.6 Å². The molecule has 2 radical (unpaired) electrons. The molecule has 3 fully saturated rings. The van der Waals surface area contributed by atoms with E-state index in [0.29, 0.717) is 18.3 Å². The van der Waals surface area contributed by atoms with Crippen molar-refractivity contribution in [3.63, 3.8) is 0 Å². The molecule has 3 aliphatic heterocycles. The van der Waals surface area contributed by atoms with Gasteiger partial charge in [-0.3, -0.25) is 6.29 Å². The zero-order valence-corrected chi connectivity index (χ0v) is 25.9. The van der Waals surface area contributed by atoms with Crippen LogP contribution in [-0.4, -0.2) is 87.1 Å². The number of likely N-dealkylation sites (tertiary alicyclic amines) is 3. The first-order valence-corrected chi connectivity index (χ1v) is 9.96. The Hall–Kier alpha value is 2.01. The monoisotopic (exact) mass is 600 g/mol. The molecule has 3 rings (SSSR count). The first-order chi connectivity index (χ1) is 12.3. The summed E-state index contributed by atoms with van der Waals surface area (Å²) in [6.07, 6.45) is 6.44. The summed E-state index contributed by atoms with van der Waals surface area (Å²) in [4.78, 5) is 25.4. The third-order valence-corrected chi connectivity index (χ3v) is 4.98. The molecule has 3 aliphatic rings. The predicted molar refractivity (Wildman–Crippen MR) is 105 cm³/mol. The molecule has 3 heterocycles. The van der Waals surface area contributed by atoms with E-state index in [1.807, 2.05) is 6.29 Å². The second kappa shape index (κ2) is 24.6. The van der Waals surface area contributed by atoms with E-state index in [-0.39, 0.29) is 77.8 Å². The van der Waals surface area contributed by atoms with Crippen molar-refractivity contribution in [2.24, 2.45) is 17.8 Å². The third kappa shape index (κ3) is 23.0. The van der Waals surface area contributed by atoms with E-state index in [1.165, 1.54) is 45.4 Å². The van der Waals surface area contributed by atoms with Gasteiger partial charge in [0.25, 0.3) is 0 Å². The normalized spacial score (nSPS) is 25.9. The molecule has 0 aromatic heterocycles. The van der Waals surface area contributed by atoms with Gasteiger partial charge in [-0.25, -0.2) is 0 Å². The Morgan fingerprint density at radius 2 is 1.34 bits per heavy atom. The number of carbonyl (C=O) groups excluding carboxylic acids is 2. The van der Waals surface area contributed by atoms with Crippen molar-refractivity contribution in [3.8, 4) is 0 Å². The van der Waals surface area contributed by atoms with Crippen LogP contribution in [0.25, 0.3) is 0 Å². The number of halogens is 2. The van der Waals surface area contributed by atoms with Crippen LogP contribution in [0.5, 0.6) is 0 Å². The van der Waals surface area contributed by atoms with Gasteiger partial charge in [0.15, 0.2) is 0 Å². The van der Waals surface area contributed by atoms with E-state index >= 15 is 0 Å². The Morgan fingerprint density at radius 1 is 0.897 bits per heavy atom. The number of rotatable bonds is 2. The van der Waals surface area contributed by atoms with Crippen molar-refractivity contribution in [2.45, 2.75) is 32.6 Å². The first-order valence-electron chi connectivity index (χ1n) is 9.55. The molecule has 0 bridgehead atoms. The molecule has 9 heteroatoms. The first kappa shape index (κ1) is 38.3. The van der Waals surface area contributed by atoms with Crippen LogP contribution < -0.4 is 12.4 Å². The van der Waals surface area contributed by atoms with Crippen molar-refractivity contribution in [1.29, 1.82) is 0 Å². The summed E-state index contributed by atoms with van der Waals surface area (Å²) < 4.78 is 0. The van der Waals surface area contributed by atoms with E-state index in [4.69, 9.17) is 4.79 Å². The fraction of sp³-hybridized carbons (Fsp3) is 0.850. The minimum absolute atomic E-state index is 0. The van der Waals surface area contributed by atoms with E-state index < -0.39 is 0 Å². The summed E-state index contributed by atoms with van der Waals surface area (Å²) in [6, 6.07) is 0. The Kier molecular flexibility index (Phi) is 32.5. The molecular weight excluding hydrogens is 563 g/mol. The molecule has 168 valence electrons. The summed E-state index contributed by atoms with van der Waals surface area (Å²) in [6.45, 7) is 13.5. The summed E-state index contributed by atoms with van der Waals surface area (Å²) in [5, 5.41) is 0. The molecule has 0 aromatic carbocycles. The average molecular weight is 601 g/mol. The van der Waals surface area contributed by atoms with Gasteiger partial charge in [0.1, 0.15) is 0 Å². The number of hydrogen-bond donors (Lipinski definition) is 0. The Balaban J connectivity index is -0.000000145. The maximum Gasteiger partial charge on any atom is 0.0761 e. The molecule has 0 saturated carbocycles. The fourth-order valence-corrected chi connectivity index (χ4v) is 3.49. The number of nitrogens with zero attached hydrogens (tertiary/aromatic N) is 3. The summed E-state index contributed by atoms with van der Waals surface area (Å²) in [5.41, 5.74) is 0. The molecule has 0 aromatic rings. The Morgan fingerprint density at radius 3 is 1.55 bits per heavy atom. The van der Waals surface area contributed by atoms with Crippen LogP contribution in [-0.2, 0) is 75.0 Å². The standard InChI is InChI=1S/C7H12NO.C6H13N.C6H12N.CHClO.ClH.2Y/c1-8-4-2-7(6-8)3-5-9;2*1-6-3-4-7(2)5-6;2-1-3;;;/h7H,2-4,6H2,1H3;6H,3-5H2,1-2H3;6H,1,3-5H2,2H3;2H;1H;;/q-1;;-1;;;;/p-1/t7-;2*6-;;;;/m100..../s1. The predicted octanol–water partition coefficient (Wildman–Crippen LogP) is -1.50. The molecule has 0 unspecified atom stereocenters. The van der Waals surface area contributed by atoms with Crippen LogP contribution in [0.15, 0.2) is 0 Å². The van der Waals surface area contributed by atoms with E-state index in [2.05, 4.69) is 61.3 Å². The molecule has 0 spiro atoms. The Bertz CT molecular complexity index is 352. The largest absolute Gasteiger partial charge is 1.00 e. The summed E-state index contributed by atoms with van der Waals surface area (Å²) in [7, 11) is 6.42. The third-order valence-electron chi connectivity index (χ3n) is 4.98. The molecule has 0 amide bonds. The van der Waals surface area contributed by atoms with Crippen molar-refractivity contribution in [3.05, 3.63) is 6.92 Å². The van der Waals surface area contributed by atoms with Gasteiger partial charge in [-0.05, 0) is 84.2 Å². The van der Waals surface area contributed by atoms with Crippen molar-refractivity contribution in [2.75, 3.05) is 60.4 Å². The smallest absolute Gasteiger partial charge is 0.0761 e. The van der Waals surface area contributed by atoms with Crippen LogP contribution in [0.3, 0.4) is 0 Å². The van der Waals surface area contributed by atoms with Gasteiger partial charge in [-0.15, -0.1) is 6.42 Å². The van der Waals surface area contributed by atoms with Crippen LogP contribution in [0, 0.1) is 36.3 Å².